The molecule has 0 spiro atoms. The summed E-state index contributed by atoms with van der Waals surface area (Å²) in [6.07, 6.45) is -4.44. The lowest BCUT2D eigenvalue weighted by Crippen LogP contribution is -2.15. The average molecular weight is 384 g/mol. The number of rotatable bonds is 5. The lowest BCUT2D eigenvalue weighted by molar-refractivity contribution is -0.137. The summed E-state index contributed by atoms with van der Waals surface area (Å²) >= 11 is 0. The molecule has 0 amide bonds. The van der Waals surface area contributed by atoms with Crippen molar-refractivity contribution >= 4 is 11.8 Å². The lowest BCUT2D eigenvalue weighted by atomic mass is 9.98. The molecule has 0 saturated carbocycles. The van der Waals surface area contributed by atoms with Crippen molar-refractivity contribution in [3.05, 3.63) is 95.6 Å². The van der Waals surface area contributed by atoms with E-state index in [0.717, 1.165) is 12.1 Å². The molecule has 0 bridgehead atoms. The molecule has 0 aliphatic carbocycles. The van der Waals surface area contributed by atoms with Crippen LogP contribution in [0.5, 0.6) is 0 Å². The average Bonchev–Trinajstić information content (AvgIpc) is 2.72. The van der Waals surface area contributed by atoms with Gasteiger partial charge < -0.3 is 4.74 Å². The summed E-state index contributed by atoms with van der Waals surface area (Å²) in [4.78, 5) is 24.5. The summed E-state index contributed by atoms with van der Waals surface area (Å²) in [5, 5.41) is 0. The highest BCUT2D eigenvalue weighted by Gasteiger charge is 2.30. The van der Waals surface area contributed by atoms with Crippen molar-refractivity contribution in [3.8, 4) is 11.1 Å². The van der Waals surface area contributed by atoms with Crippen molar-refractivity contribution in [2.75, 3.05) is 6.61 Å². The Labute approximate surface area is 159 Å². The molecular formula is C22H15F3O3. The molecule has 0 fully saturated rings. The fraction of sp³-hybridized carbons (Fsp3) is 0.0909. The van der Waals surface area contributed by atoms with Crippen LogP contribution in [0.3, 0.4) is 0 Å². The van der Waals surface area contributed by atoms with Crippen LogP contribution in [-0.4, -0.2) is 18.4 Å². The standard InChI is InChI=1S/C22H15F3O3/c23-22(24,25)17-12-10-15(11-13-17)18-8-4-5-9-19(18)21(27)28-14-20(26)16-6-2-1-3-7-16/h1-13H,14H2. The second-order valence-corrected chi connectivity index (χ2v) is 5.99. The zero-order valence-electron chi connectivity index (χ0n) is 14.6. The van der Waals surface area contributed by atoms with Gasteiger partial charge in [0.15, 0.2) is 12.4 Å². The van der Waals surface area contributed by atoms with Crippen LogP contribution in [0, 0.1) is 0 Å². The van der Waals surface area contributed by atoms with Crippen molar-refractivity contribution in [1.29, 1.82) is 0 Å². The molecule has 28 heavy (non-hydrogen) atoms. The van der Waals surface area contributed by atoms with Gasteiger partial charge in [0, 0.05) is 5.56 Å². The quantitative estimate of drug-likeness (QED) is 0.436. The van der Waals surface area contributed by atoms with Crippen molar-refractivity contribution in [1.82, 2.24) is 0 Å². The predicted octanol–water partition coefficient (Wildman–Crippen LogP) is 5.41. The van der Waals surface area contributed by atoms with Crippen LogP contribution in [-0.2, 0) is 10.9 Å². The molecule has 0 aliphatic heterocycles. The first-order chi connectivity index (χ1) is 13.4. The van der Waals surface area contributed by atoms with Crippen LogP contribution < -0.4 is 0 Å². The smallest absolute Gasteiger partial charge is 0.416 e. The second kappa shape index (κ2) is 8.08. The van der Waals surface area contributed by atoms with Gasteiger partial charge in [-0.25, -0.2) is 4.79 Å². The first-order valence-corrected chi connectivity index (χ1v) is 8.38. The molecular weight excluding hydrogens is 369 g/mol. The summed E-state index contributed by atoms with van der Waals surface area (Å²) in [7, 11) is 0. The largest absolute Gasteiger partial charge is 0.454 e. The van der Waals surface area contributed by atoms with Crippen LogP contribution in [0.2, 0.25) is 0 Å². The van der Waals surface area contributed by atoms with Crippen molar-refractivity contribution in [3.63, 3.8) is 0 Å². The van der Waals surface area contributed by atoms with Gasteiger partial charge >= 0.3 is 12.1 Å². The van der Waals surface area contributed by atoms with E-state index in [2.05, 4.69) is 0 Å². The minimum absolute atomic E-state index is 0.170. The van der Waals surface area contributed by atoms with Crippen LogP contribution in [0.25, 0.3) is 11.1 Å². The highest BCUT2D eigenvalue weighted by molar-refractivity contribution is 6.01. The minimum atomic E-state index is -4.44. The molecule has 0 atom stereocenters. The van der Waals surface area contributed by atoms with E-state index in [-0.39, 0.29) is 11.3 Å². The number of alkyl halides is 3. The highest BCUT2D eigenvalue weighted by atomic mass is 19.4. The fourth-order valence-corrected chi connectivity index (χ4v) is 2.67. The Morgan fingerprint density at radius 2 is 1.39 bits per heavy atom. The van der Waals surface area contributed by atoms with Crippen LogP contribution in [0.15, 0.2) is 78.9 Å². The van der Waals surface area contributed by atoms with E-state index in [9.17, 15) is 22.8 Å². The molecule has 0 aromatic heterocycles. The number of ketones is 1. The number of carbonyl (C=O) groups excluding carboxylic acids is 2. The lowest BCUT2D eigenvalue weighted by Gasteiger charge is -2.11. The summed E-state index contributed by atoms with van der Waals surface area (Å²) in [6.45, 7) is -0.426. The van der Waals surface area contributed by atoms with Gasteiger partial charge in [-0.3, -0.25) is 4.79 Å². The molecule has 3 rings (SSSR count). The van der Waals surface area contributed by atoms with E-state index in [0.29, 0.717) is 16.7 Å². The Hall–Kier alpha value is -3.41. The highest BCUT2D eigenvalue weighted by Crippen LogP contribution is 2.32. The van der Waals surface area contributed by atoms with Crippen LogP contribution in [0.1, 0.15) is 26.3 Å². The van der Waals surface area contributed by atoms with Gasteiger partial charge in [0.1, 0.15) is 0 Å². The number of esters is 1. The molecule has 3 aromatic carbocycles. The third-order valence-electron chi connectivity index (χ3n) is 4.10. The van der Waals surface area contributed by atoms with Crippen molar-refractivity contribution in [2.24, 2.45) is 0 Å². The van der Waals surface area contributed by atoms with E-state index >= 15 is 0 Å². The van der Waals surface area contributed by atoms with Gasteiger partial charge in [-0.15, -0.1) is 0 Å². The van der Waals surface area contributed by atoms with Gasteiger partial charge in [-0.2, -0.15) is 13.2 Å². The van der Waals surface area contributed by atoms with E-state index in [1.165, 1.54) is 18.2 Å². The zero-order chi connectivity index (χ0) is 20.1. The Kier molecular flexibility index (Phi) is 5.59. The number of ether oxygens (including phenoxy) is 1. The van der Waals surface area contributed by atoms with E-state index in [4.69, 9.17) is 4.74 Å². The molecule has 142 valence electrons. The fourth-order valence-electron chi connectivity index (χ4n) is 2.67. The topological polar surface area (TPSA) is 43.4 Å². The minimum Gasteiger partial charge on any atom is -0.454 e. The first kappa shape index (κ1) is 19.4. The van der Waals surface area contributed by atoms with E-state index < -0.39 is 24.3 Å². The summed E-state index contributed by atoms with van der Waals surface area (Å²) in [5.41, 5.74) is 0.683. The van der Waals surface area contributed by atoms with E-state index in [1.54, 1.807) is 48.5 Å². The maximum absolute atomic E-state index is 12.7. The molecule has 0 unspecified atom stereocenters. The monoisotopic (exact) mass is 384 g/mol. The number of carbonyl (C=O) groups is 2. The van der Waals surface area contributed by atoms with Gasteiger partial charge in [0.05, 0.1) is 11.1 Å². The van der Waals surface area contributed by atoms with Gasteiger partial charge in [-0.05, 0) is 29.3 Å². The molecule has 0 aliphatic rings. The third kappa shape index (κ3) is 4.46. The molecule has 6 heteroatoms. The number of halogens is 3. The number of benzene rings is 3. The molecule has 0 N–H and O–H groups in total. The summed E-state index contributed by atoms with van der Waals surface area (Å²) in [5.74, 6) is -1.07. The number of hydrogen-bond donors (Lipinski definition) is 0. The molecule has 0 saturated heterocycles. The van der Waals surface area contributed by atoms with Gasteiger partial charge in [-0.1, -0.05) is 60.7 Å². The van der Waals surface area contributed by atoms with Crippen LogP contribution in [0.4, 0.5) is 13.2 Å². The Bertz CT molecular complexity index is 978. The van der Waals surface area contributed by atoms with E-state index in [1.807, 2.05) is 0 Å². The zero-order valence-corrected chi connectivity index (χ0v) is 14.6. The SMILES string of the molecule is O=C(COC(=O)c1ccccc1-c1ccc(C(F)(F)F)cc1)c1ccccc1. The third-order valence-corrected chi connectivity index (χ3v) is 4.10. The first-order valence-electron chi connectivity index (χ1n) is 8.38. The summed E-state index contributed by atoms with van der Waals surface area (Å²) < 4.78 is 43.3. The molecule has 0 radical (unpaired) electrons. The van der Waals surface area contributed by atoms with Gasteiger partial charge in [0.25, 0.3) is 0 Å². The number of hydrogen-bond acceptors (Lipinski definition) is 3. The molecule has 3 aromatic rings. The second-order valence-electron chi connectivity index (χ2n) is 5.99. The van der Waals surface area contributed by atoms with Crippen LogP contribution >= 0.6 is 0 Å². The molecule has 0 heterocycles. The van der Waals surface area contributed by atoms with Crippen molar-refractivity contribution in [2.45, 2.75) is 6.18 Å². The Morgan fingerprint density at radius 3 is 2.04 bits per heavy atom. The normalized spacial score (nSPS) is 11.1. The Morgan fingerprint density at radius 1 is 0.786 bits per heavy atom. The summed E-state index contributed by atoms with van der Waals surface area (Å²) in [6, 6.07) is 19.3. The van der Waals surface area contributed by atoms with Gasteiger partial charge in [0.2, 0.25) is 0 Å². The molecule has 3 nitrogen and oxygen atoms in total. The van der Waals surface area contributed by atoms with Crippen molar-refractivity contribution < 1.29 is 27.5 Å². The maximum atomic E-state index is 12.7. The number of Topliss-reactive ketones (excluding diaryl/α,β-unsaturated/α-hetero) is 1. The Balaban J connectivity index is 1.78. The predicted molar refractivity (Wildman–Crippen MR) is 97.9 cm³/mol. The maximum Gasteiger partial charge on any atom is 0.416 e.